The first-order valence-electron chi connectivity index (χ1n) is 7.49. The van der Waals surface area contributed by atoms with E-state index in [9.17, 15) is 0 Å². The molecule has 0 heterocycles. The quantitative estimate of drug-likeness (QED) is 0.871. The van der Waals surface area contributed by atoms with Crippen molar-refractivity contribution in [3.05, 3.63) is 28.8 Å². The maximum absolute atomic E-state index is 6.10. The lowest BCUT2D eigenvalue weighted by atomic mass is 9.99. The molecule has 19 heavy (non-hydrogen) atoms. The molecule has 1 aliphatic carbocycles. The second-order valence-corrected chi connectivity index (χ2v) is 5.96. The molecule has 1 unspecified atom stereocenters. The molecule has 1 saturated carbocycles. The van der Waals surface area contributed by atoms with Crippen LogP contribution in [0.25, 0.3) is 0 Å². The van der Waals surface area contributed by atoms with Crippen molar-refractivity contribution in [3.8, 4) is 5.75 Å². The standard InChI is InChI=1S/C17H27NO/c1-12-9-13(2)14(3)17(10-12)19-11-16(18-4)15-7-5-6-8-15/h9-10,15-16,18H,5-8,11H2,1-4H3. The SMILES string of the molecule is CNC(COc1cc(C)cc(C)c1C)C1CCCC1. The van der Waals surface area contributed by atoms with Gasteiger partial charge in [-0.3, -0.25) is 0 Å². The Hall–Kier alpha value is -1.02. The largest absolute Gasteiger partial charge is 0.492 e. The lowest BCUT2D eigenvalue weighted by molar-refractivity contribution is 0.223. The van der Waals surface area contributed by atoms with Gasteiger partial charge in [0.05, 0.1) is 0 Å². The van der Waals surface area contributed by atoms with Crippen LogP contribution in [0.1, 0.15) is 42.4 Å². The molecule has 1 aliphatic rings. The molecule has 1 atom stereocenters. The number of aryl methyl sites for hydroxylation is 2. The Morgan fingerprint density at radius 1 is 1.21 bits per heavy atom. The van der Waals surface area contributed by atoms with Crippen LogP contribution in [0.4, 0.5) is 0 Å². The highest BCUT2D eigenvalue weighted by Crippen LogP contribution is 2.29. The Labute approximate surface area is 117 Å². The van der Waals surface area contributed by atoms with E-state index in [0.29, 0.717) is 6.04 Å². The number of hydrogen-bond acceptors (Lipinski definition) is 2. The molecular weight excluding hydrogens is 234 g/mol. The Balaban J connectivity index is 2.00. The van der Waals surface area contributed by atoms with Crippen molar-refractivity contribution in [3.63, 3.8) is 0 Å². The van der Waals surface area contributed by atoms with E-state index in [0.717, 1.165) is 18.3 Å². The fourth-order valence-electron chi connectivity index (χ4n) is 3.15. The third-order valence-electron chi connectivity index (χ3n) is 4.52. The highest BCUT2D eigenvalue weighted by molar-refractivity contribution is 5.41. The smallest absolute Gasteiger partial charge is 0.122 e. The first-order valence-corrected chi connectivity index (χ1v) is 7.49. The molecule has 1 aromatic carbocycles. The van der Waals surface area contributed by atoms with E-state index < -0.39 is 0 Å². The maximum Gasteiger partial charge on any atom is 0.122 e. The molecule has 106 valence electrons. The predicted molar refractivity (Wildman–Crippen MR) is 81.0 cm³/mol. The molecule has 2 heteroatoms. The average molecular weight is 261 g/mol. The van der Waals surface area contributed by atoms with E-state index in [-0.39, 0.29) is 0 Å². The molecular formula is C17H27NO. The van der Waals surface area contributed by atoms with Crippen molar-refractivity contribution in [1.29, 1.82) is 0 Å². The second-order valence-electron chi connectivity index (χ2n) is 5.96. The Kier molecular flexibility index (Phi) is 4.87. The molecule has 0 bridgehead atoms. The summed E-state index contributed by atoms with van der Waals surface area (Å²) in [5.74, 6) is 1.84. The van der Waals surface area contributed by atoms with Crippen LogP contribution >= 0.6 is 0 Å². The highest BCUT2D eigenvalue weighted by Gasteiger charge is 2.24. The zero-order valence-electron chi connectivity index (χ0n) is 12.8. The minimum absolute atomic E-state index is 0.489. The lowest BCUT2D eigenvalue weighted by Crippen LogP contribution is -2.37. The van der Waals surface area contributed by atoms with Gasteiger partial charge in [-0.05, 0) is 69.3 Å². The Bertz CT molecular complexity index is 422. The molecule has 0 aliphatic heterocycles. The van der Waals surface area contributed by atoms with E-state index in [1.807, 2.05) is 0 Å². The average Bonchev–Trinajstić information content (AvgIpc) is 2.89. The number of nitrogens with one attached hydrogen (secondary N) is 1. The van der Waals surface area contributed by atoms with Crippen molar-refractivity contribution in [2.75, 3.05) is 13.7 Å². The van der Waals surface area contributed by atoms with Crippen molar-refractivity contribution in [2.45, 2.75) is 52.5 Å². The van der Waals surface area contributed by atoms with Gasteiger partial charge in [-0.2, -0.15) is 0 Å². The number of hydrogen-bond donors (Lipinski definition) is 1. The van der Waals surface area contributed by atoms with E-state index in [1.54, 1.807) is 0 Å². The molecule has 1 aromatic rings. The van der Waals surface area contributed by atoms with Crippen molar-refractivity contribution < 1.29 is 4.74 Å². The van der Waals surface area contributed by atoms with Crippen LogP contribution in [0.5, 0.6) is 5.75 Å². The molecule has 2 rings (SSSR count). The predicted octanol–water partition coefficient (Wildman–Crippen LogP) is 3.77. The summed E-state index contributed by atoms with van der Waals surface area (Å²) >= 11 is 0. The summed E-state index contributed by atoms with van der Waals surface area (Å²) in [6.07, 6.45) is 5.46. The minimum Gasteiger partial charge on any atom is -0.492 e. The monoisotopic (exact) mass is 261 g/mol. The second kappa shape index (κ2) is 6.42. The molecule has 2 nitrogen and oxygen atoms in total. The third-order valence-corrected chi connectivity index (χ3v) is 4.52. The van der Waals surface area contributed by atoms with Gasteiger partial charge in [0.2, 0.25) is 0 Å². The van der Waals surface area contributed by atoms with Crippen LogP contribution in [0.3, 0.4) is 0 Å². The number of benzene rings is 1. The molecule has 0 spiro atoms. The topological polar surface area (TPSA) is 21.3 Å². The van der Waals surface area contributed by atoms with Crippen molar-refractivity contribution >= 4 is 0 Å². The van der Waals surface area contributed by atoms with Crippen molar-refractivity contribution in [2.24, 2.45) is 5.92 Å². The van der Waals surface area contributed by atoms with Gasteiger partial charge >= 0.3 is 0 Å². The van der Waals surface area contributed by atoms with E-state index in [4.69, 9.17) is 4.74 Å². The molecule has 0 amide bonds. The zero-order chi connectivity index (χ0) is 13.8. The molecule has 0 saturated heterocycles. The van der Waals surface area contributed by atoms with Gasteiger partial charge in [-0.1, -0.05) is 18.9 Å². The summed E-state index contributed by atoms with van der Waals surface area (Å²) in [5, 5.41) is 3.44. The molecule has 0 aromatic heterocycles. The van der Waals surface area contributed by atoms with Gasteiger partial charge in [-0.25, -0.2) is 0 Å². The fraction of sp³-hybridized carbons (Fsp3) is 0.647. The number of rotatable bonds is 5. The van der Waals surface area contributed by atoms with Crippen LogP contribution in [-0.2, 0) is 0 Å². The van der Waals surface area contributed by atoms with Crippen LogP contribution in [-0.4, -0.2) is 19.7 Å². The van der Waals surface area contributed by atoms with E-state index >= 15 is 0 Å². The number of ether oxygens (including phenoxy) is 1. The molecule has 0 radical (unpaired) electrons. The summed E-state index contributed by atoms with van der Waals surface area (Å²) in [6, 6.07) is 4.86. The maximum atomic E-state index is 6.10. The lowest BCUT2D eigenvalue weighted by Gasteiger charge is -2.24. The van der Waals surface area contributed by atoms with Crippen LogP contribution in [0.2, 0.25) is 0 Å². The molecule has 1 fully saturated rings. The summed E-state index contributed by atoms with van der Waals surface area (Å²) in [6.45, 7) is 7.21. The van der Waals surface area contributed by atoms with E-state index in [1.165, 1.54) is 42.4 Å². The normalized spacial score (nSPS) is 17.7. The van der Waals surface area contributed by atoms with Gasteiger partial charge in [0.15, 0.2) is 0 Å². The third kappa shape index (κ3) is 3.50. The minimum atomic E-state index is 0.489. The van der Waals surface area contributed by atoms with Gasteiger partial charge < -0.3 is 10.1 Å². The van der Waals surface area contributed by atoms with Crippen LogP contribution < -0.4 is 10.1 Å². The fourth-order valence-corrected chi connectivity index (χ4v) is 3.15. The van der Waals surface area contributed by atoms with Crippen LogP contribution in [0, 0.1) is 26.7 Å². The summed E-state index contributed by atoms with van der Waals surface area (Å²) < 4.78 is 6.10. The first-order chi connectivity index (χ1) is 9.11. The zero-order valence-corrected chi connectivity index (χ0v) is 12.8. The van der Waals surface area contributed by atoms with Crippen molar-refractivity contribution in [1.82, 2.24) is 5.32 Å². The van der Waals surface area contributed by atoms with Gasteiger partial charge in [0.25, 0.3) is 0 Å². The Morgan fingerprint density at radius 3 is 2.53 bits per heavy atom. The molecule has 1 N–H and O–H groups in total. The van der Waals surface area contributed by atoms with Gasteiger partial charge in [0, 0.05) is 6.04 Å². The summed E-state index contributed by atoms with van der Waals surface area (Å²) in [4.78, 5) is 0. The Morgan fingerprint density at radius 2 is 1.89 bits per heavy atom. The van der Waals surface area contributed by atoms with Gasteiger partial charge in [-0.15, -0.1) is 0 Å². The first kappa shape index (κ1) is 14.4. The van der Waals surface area contributed by atoms with E-state index in [2.05, 4.69) is 45.3 Å². The van der Waals surface area contributed by atoms with Crippen LogP contribution in [0.15, 0.2) is 12.1 Å². The van der Waals surface area contributed by atoms with Gasteiger partial charge in [0.1, 0.15) is 12.4 Å². The number of likely N-dealkylation sites (N-methyl/N-ethyl adjacent to an activating group) is 1. The summed E-state index contributed by atoms with van der Waals surface area (Å²) in [7, 11) is 2.06. The highest BCUT2D eigenvalue weighted by atomic mass is 16.5. The summed E-state index contributed by atoms with van der Waals surface area (Å²) in [5.41, 5.74) is 3.86.